The number of nitriles is 1. The molecule has 0 aliphatic carbocycles. The molecule has 1 heterocycles. The third-order valence-electron chi connectivity index (χ3n) is 2.41. The van der Waals surface area contributed by atoms with Crippen molar-refractivity contribution in [3.63, 3.8) is 0 Å². The summed E-state index contributed by atoms with van der Waals surface area (Å²) in [4.78, 5) is 4.26. The van der Waals surface area contributed by atoms with Crippen LogP contribution in [0.25, 0.3) is 0 Å². The van der Waals surface area contributed by atoms with Gasteiger partial charge in [0.25, 0.3) is 0 Å². The van der Waals surface area contributed by atoms with Crippen molar-refractivity contribution in [1.82, 2.24) is 15.2 Å². The lowest BCUT2D eigenvalue weighted by Gasteiger charge is -2.07. The molecule has 20 heavy (non-hydrogen) atoms. The maximum atomic E-state index is 8.86. The van der Waals surface area contributed by atoms with Crippen LogP contribution in [-0.4, -0.2) is 35.4 Å². The predicted molar refractivity (Wildman–Crippen MR) is 74.6 cm³/mol. The van der Waals surface area contributed by atoms with Crippen molar-refractivity contribution < 1.29 is 4.74 Å². The minimum Gasteiger partial charge on any atom is -0.383 e. The van der Waals surface area contributed by atoms with Crippen molar-refractivity contribution in [3.05, 3.63) is 36.0 Å². The first-order chi connectivity index (χ1) is 9.81. The van der Waals surface area contributed by atoms with Crippen molar-refractivity contribution in [2.45, 2.75) is 0 Å². The molecule has 1 aromatic heterocycles. The average Bonchev–Trinajstić information content (AvgIpc) is 2.48. The van der Waals surface area contributed by atoms with E-state index in [9.17, 15) is 0 Å². The minimum absolute atomic E-state index is 0.420. The lowest BCUT2D eigenvalue weighted by Crippen LogP contribution is -2.11. The molecule has 0 atom stereocenters. The van der Waals surface area contributed by atoms with Crippen LogP contribution in [-0.2, 0) is 4.74 Å². The number of nitrogens with one attached hydrogen (secondary N) is 2. The number of aromatic nitrogens is 3. The summed E-state index contributed by atoms with van der Waals surface area (Å²) in [6.45, 7) is 1.16. The smallest absolute Gasteiger partial charge is 0.244 e. The second kappa shape index (κ2) is 7.01. The molecule has 0 fully saturated rings. The number of benzene rings is 1. The first-order valence-electron chi connectivity index (χ1n) is 6.01. The van der Waals surface area contributed by atoms with Gasteiger partial charge in [-0.1, -0.05) is 6.07 Å². The minimum atomic E-state index is 0.420. The Bertz CT molecular complexity index is 610. The highest BCUT2D eigenvalue weighted by atomic mass is 16.5. The molecule has 2 rings (SSSR count). The van der Waals surface area contributed by atoms with Gasteiger partial charge in [-0.2, -0.15) is 15.3 Å². The number of hydrogen-bond acceptors (Lipinski definition) is 7. The summed E-state index contributed by atoms with van der Waals surface area (Å²) in [7, 11) is 1.63. The summed E-state index contributed by atoms with van der Waals surface area (Å²) < 4.78 is 4.93. The van der Waals surface area contributed by atoms with Crippen LogP contribution in [0.15, 0.2) is 30.5 Å². The molecule has 0 unspecified atom stereocenters. The van der Waals surface area contributed by atoms with E-state index >= 15 is 0 Å². The van der Waals surface area contributed by atoms with E-state index in [0.29, 0.717) is 30.5 Å². The number of methoxy groups -OCH3 is 1. The molecular weight excluding hydrogens is 256 g/mol. The molecule has 0 saturated carbocycles. The van der Waals surface area contributed by atoms with Gasteiger partial charge in [-0.05, 0) is 18.2 Å². The van der Waals surface area contributed by atoms with Crippen LogP contribution in [0.5, 0.6) is 0 Å². The van der Waals surface area contributed by atoms with Gasteiger partial charge in [-0.3, -0.25) is 0 Å². The van der Waals surface area contributed by atoms with Gasteiger partial charge in [0.05, 0.1) is 24.4 Å². The van der Waals surface area contributed by atoms with Gasteiger partial charge < -0.3 is 15.4 Å². The van der Waals surface area contributed by atoms with Crippen molar-refractivity contribution in [1.29, 1.82) is 5.26 Å². The van der Waals surface area contributed by atoms with E-state index < -0.39 is 0 Å². The maximum absolute atomic E-state index is 8.86. The van der Waals surface area contributed by atoms with Gasteiger partial charge in [-0.15, -0.1) is 5.10 Å². The fourth-order valence-electron chi connectivity index (χ4n) is 1.52. The van der Waals surface area contributed by atoms with Crippen LogP contribution < -0.4 is 10.6 Å². The summed E-state index contributed by atoms with van der Waals surface area (Å²) in [6.07, 6.45) is 1.51. The van der Waals surface area contributed by atoms with Crippen LogP contribution >= 0.6 is 0 Å². The predicted octanol–water partition coefficient (Wildman–Crippen LogP) is 1.55. The summed E-state index contributed by atoms with van der Waals surface area (Å²) in [5, 5.41) is 22.6. The molecule has 1 aromatic carbocycles. The maximum Gasteiger partial charge on any atom is 0.244 e. The third-order valence-corrected chi connectivity index (χ3v) is 2.41. The molecule has 2 N–H and O–H groups in total. The summed E-state index contributed by atoms with van der Waals surface area (Å²) in [6, 6.07) is 9.20. The van der Waals surface area contributed by atoms with Gasteiger partial charge in [0.1, 0.15) is 0 Å². The van der Waals surface area contributed by atoms with Crippen LogP contribution in [0, 0.1) is 11.3 Å². The van der Waals surface area contributed by atoms with Gasteiger partial charge in [0.2, 0.25) is 5.95 Å². The van der Waals surface area contributed by atoms with E-state index in [4.69, 9.17) is 10.00 Å². The first-order valence-corrected chi connectivity index (χ1v) is 6.01. The van der Waals surface area contributed by atoms with Crippen molar-refractivity contribution in [3.8, 4) is 6.07 Å². The molecule has 0 spiro atoms. The lowest BCUT2D eigenvalue weighted by atomic mass is 10.2. The standard InChI is InChI=1S/C13H14N6O/c1-20-6-5-15-13-18-12(9-16-19-13)17-11-4-2-3-10(7-11)8-14/h2-4,7,9H,5-6H2,1H3,(H2,15,17,18,19). The fourth-order valence-corrected chi connectivity index (χ4v) is 1.52. The third kappa shape index (κ3) is 3.90. The van der Waals surface area contributed by atoms with Gasteiger partial charge >= 0.3 is 0 Å². The second-order valence-corrected chi connectivity index (χ2v) is 3.90. The Morgan fingerprint density at radius 3 is 3.10 bits per heavy atom. The number of hydrogen-bond donors (Lipinski definition) is 2. The molecule has 0 aliphatic rings. The summed E-state index contributed by atoms with van der Waals surface area (Å²) in [5.74, 6) is 0.971. The van der Waals surface area contributed by atoms with Crippen LogP contribution in [0.1, 0.15) is 5.56 Å². The molecule has 0 aliphatic heterocycles. The van der Waals surface area contributed by atoms with E-state index in [0.717, 1.165) is 5.69 Å². The SMILES string of the molecule is COCCNc1nncc(Nc2cccc(C#N)c2)n1. The molecule has 0 radical (unpaired) electrons. The first kappa shape index (κ1) is 13.7. The van der Waals surface area contributed by atoms with Crippen molar-refractivity contribution >= 4 is 17.5 Å². The second-order valence-electron chi connectivity index (χ2n) is 3.90. The highest BCUT2D eigenvalue weighted by Gasteiger charge is 2.01. The number of rotatable bonds is 6. The Hall–Kier alpha value is -2.72. The Balaban J connectivity index is 2.05. The molecular formula is C13H14N6O. The Labute approximate surface area is 116 Å². The molecule has 2 aromatic rings. The van der Waals surface area contributed by atoms with E-state index in [1.165, 1.54) is 6.20 Å². The Kier molecular flexibility index (Phi) is 4.81. The van der Waals surface area contributed by atoms with Crippen molar-refractivity contribution in [2.24, 2.45) is 0 Å². The molecule has 0 amide bonds. The normalized spacial score (nSPS) is 9.80. The average molecular weight is 270 g/mol. The zero-order chi connectivity index (χ0) is 14.2. The Morgan fingerprint density at radius 1 is 1.40 bits per heavy atom. The highest BCUT2D eigenvalue weighted by molar-refractivity contribution is 5.58. The van der Waals surface area contributed by atoms with E-state index in [2.05, 4.69) is 31.9 Å². The zero-order valence-electron chi connectivity index (χ0n) is 11.0. The quantitative estimate of drug-likeness (QED) is 0.768. The number of ether oxygens (including phenoxy) is 1. The molecule has 0 saturated heterocycles. The van der Waals surface area contributed by atoms with E-state index in [-0.39, 0.29) is 0 Å². The van der Waals surface area contributed by atoms with E-state index in [1.807, 2.05) is 6.07 Å². The fraction of sp³-hybridized carbons (Fsp3) is 0.231. The summed E-state index contributed by atoms with van der Waals surface area (Å²) >= 11 is 0. The van der Waals surface area contributed by atoms with E-state index in [1.54, 1.807) is 25.3 Å². The highest BCUT2D eigenvalue weighted by Crippen LogP contribution is 2.15. The number of anilines is 3. The molecule has 7 nitrogen and oxygen atoms in total. The van der Waals surface area contributed by atoms with Gasteiger partial charge in [0, 0.05) is 19.3 Å². The van der Waals surface area contributed by atoms with Crippen LogP contribution in [0.2, 0.25) is 0 Å². The molecule has 0 bridgehead atoms. The molecule has 7 heteroatoms. The monoisotopic (exact) mass is 270 g/mol. The van der Waals surface area contributed by atoms with Gasteiger partial charge in [0.15, 0.2) is 5.82 Å². The largest absolute Gasteiger partial charge is 0.383 e. The number of nitrogens with zero attached hydrogens (tertiary/aromatic N) is 4. The molecule has 102 valence electrons. The topological polar surface area (TPSA) is 95.8 Å². The lowest BCUT2D eigenvalue weighted by molar-refractivity contribution is 0.210. The van der Waals surface area contributed by atoms with Gasteiger partial charge in [-0.25, -0.2) is 0 Å². The van der Waals surface area contributed by atoms with Crippen LogP contribution in [0.3, 0.4) is 0 Å². The van der Waals surface area contributed by atoms with Crippen LogP contribution in [0.4, 0.5) is 17.5 Å². The Morgan fingerprint density at radius 2 is 2.30 bits per heavy atom. The van der Waals surface area contributed by atoms with Crippen molar-refractivity contribution in [2.75, 3.05) is 30.9 Å². The summed E-state index contributed by atoms with van der Waals surface area (Å²) in [5.41, 5.74) is 1.35. The zero-order valence-corrected chi connectivity index (χ0v) is 11.0.